The Bertz CT molecular complexity index is 316. The number of hydrogen-bond acceptors (Lipinski definition) is 3. The first-order chi connectivity index (χ1) is 7.31. The molecule has 84 valence electrons. The minimum Gasteiger partial charge on any atom is -0.379 e. The third-order valence-corrected chi connectivity index (χ3v) is 2.86. The lowest BCUT2D eigenvalue weighted by Crippen LogP contribution is -2.12. The molecule has 1 unspecified atom stereocenters. The summed E-state index contributed by atoms with van der Waals surface area (Å²) in [4.78, 5) is 0. The predicted molar refractivity (Wildman–Crippen MR) is 58.8 cm³/mol. The Hall–Kier alpha value is -0.870. The fourth-order valence-electron chi connectivity index (χ4n) is 1.87. The minimum atomic E-state index is 0.444. The highest BCUT2D eigenvalue weighted by atomic mass is 16.5. The number of hydrogen-bond donors (Lipinski definition) is 1. The van der Waals surface area contributed by atoms with Crippen LogP contribution in [0.5, 0.6) is 0 Å². The van der Waals surface area contributed by atoms with Crippen molar-refractivity contribution >= 4 is 0 Å². The Morgan fingerprint density at radius 1 is 1.67 bits per heavy atom. The van der Waals surface area contributed by atoms with Crippen LogP contribution in [0.15, 0.2) is 6.20 Å². The quantitative estimate of drug-likeness (QED) is 0.811. The van der Waals surface area contributed by atoms with E-state index in [1.165, 1.54) is 5.56 Å². The SMILES string of the molecule is CCNCc1cn(C2CCOC2)nc1C. The van der Waals surface area contributed by atoms with Crippen molar-refractivity contribution < 1.29 is 4.74 Å². The topological polar surface area (TPSA) is 39.1 Å². The Balaban J connectivity index is 2.06. The molecule has 1 aromatic heterocycles. The average molecular weight is 209 g/mol. The van der Waals surface area contributed by atoms with Gasteiger partial charge in [-0.1, -0.05) is 6.92 Å². The molecular weight excluding hydrogens is 190 g/mol. The van der Waals surface area contributed by atoms with Crippen molar-refractivity contribution in [2.75, 3.05) is 19.8 Å². The Labute approximate surface area is 90.6 Å². The van der Waals surface area contributed by atoms with E-state index in [1.807, 2.05) is 0 Å². The molecule has 0 aromatic carbocycles. The number of ether oxygens (including phenoxy) is 1. The van der Waals surface area contributed by atoms with E-state index in [0.29, 0.717) is 6.04 Å². The van der Waals surface area contributed by atoms with Crippen molar-refractivity contribution in [3.05, 3.63) is 17.5 Å². The standard InChI is InChI=1S/C11H19N3O/c1-3-12-6-10-7-14(13-9(10)2)11-4-5-15-8-11/h7,11-12H,3-6,8H2,1-2H3. The van der Waals surface area contributed by atoms with Crippen LogP contribution < -0.4 is 5.32 Å². The van der Waals surface area contributed by atoms with Gasteiger partial charge in [0.15, 0.2) is 0 Å². The van der Waals surface area contributed by atoms with E-state index in [2.05, 4.69) is 35.1 Å². The summed E-state index contributed by atoms with van der Waals surface area (Å²) in [5, 5.41) is 7.87. The van der Waals surface area contributed by atoms with E-state index in [9.17, 15) is 0 Å². The molecule has 0 radical (unpaired) electrons. The summed E-state index contributed by atoms with van der Waals surface area (Å²) in [7, 11) is 0. The molecule has 1 aliphatic heterocycles. The lowest BCUT2D eigenvalue weighted by Gasteiger charge is -2.06. The largest absolute Gasteiger partial charge is 0.379 e. The van der Waals surface area contributed by atoms with Gasteiger partial charge in [0.1, 0.15) is 0 Å². The monoisotopic (exact) mass is 209 g/mol. The number of nitrogens with one attached hydrogen (secondary N) is 1. The van der Waals surface area contributed by atoms with Crippen molar-refractivity contribution in [3.8, 4) is 0 Å². The van der Waals surface area contributed by atoms with E-state index in [-0.39, 0.29) is 0 Å². The second kappa shape index (κ2) is 4.77. The van der Waals surface area contributed by atoms with E-state index in [1.54, 1.807) is 0 Å². The summed E-state index contributed by atoms with van der Waals surface area (Å²) in [5.41, 5.74) is 2.42. The zero-order chi connectivity index (χ0) is 10.7. The average Bonchev–Trinajstić information content (AvgIpc) is 2.83. The van der Waals surface area contributed by atoms with Gasteiger partial charge in [-0.25, -0.2) is 0 Å². The molecule has 1 N–H and O–H groups in total. The van der Waals surface area contributed by atoms with Crippen LogP contribution in [0.2, 0.25) is 0 Å². The Morgan fingerprint density at radius 3 is 3.20 bits per heavy atom. The van der Waals surface area contributed by atoms with Crippen molar-refractivity contribution in [2.24, 2.45) is 0 Å². The summed E-state index contributed by atoms with van der Waals surface area (Å²) < 4.78 is 7.43. The zero-order valence-corrected chi connectivity index (χ0v) is 9.49. The molecule has 0 spiro atoms. The molecule has 1 atom stereocenters. The van der Waals surface area contributed by atoms with Gasteiger partial charge in [-0.2, -0.15) is 5.10 Å². The maximum absolute atomic E-state index is 5.37. The van der Waals surface area contributed by atoms with Gasteiger partial charge in [0, 0.05) is 24.9 Å². The van der Waals surface area contributed by atoms with Gasteiger partial charge in [-0.15, -0.1) is 0 Å². The lowest BCUT2D eigenvalue weighted by atomic mass is 10.2. The summed E-state index contributed by atoms with van der Waals surface area (Å²) in [6.45, 7) is 7.77. The van der Waals surface area contributed by atoms with Crippen LogP contribution in [0, 0.1) is 6.92 Å². The van der Waals surface area contributed by atoms with Gasteiger partial charge in [0.05, 0.1) is 18.3 Å². The van der Waals surface area contributed by atoms with Crippen LogP contribution in [-0.4, -0.2) is 29.5 Å². The van der Waals surface area contributed by atoms with Crippen molar-refractivity contribution in [1.82, 2.24) is 15.1 Å². The second-order valence-electron chi connectivity index (χ2n) is 4.02. The van der Waals surface area contributed by atoms with Gasteiger partial charge < -0.3 is 10.1 Å². The minimum absolute atomic E-state index is 0.444. The number of nitrogens with zero attached hydrogens (tertiary/aromatic N) is 2. The van der Waals surface area contributed by atoms with Gasteiger partial charge in [0.25, 0.3) is 0 Å². The molecular formula is C11H19N3O. The Morgan fingerprint density at radius 2 is 2.53 bits per heavy atom. The van der Waals surface area contributed by atoms with Crippen LogP contribution >= 0.6 is 0 Å². The molecule has 4 heteroatoms. The third-order valence-electron chi connectivity index (χ3n) is 2.86. The molecule has 2 rings (SSSR count). The molecule has 0 saturated carbocycles. The molecule has 15 heavy (non-hydrogen) atoms. The summed E-state index contributed by atoms with van der Waals surface area (Å²) in [5.74, 6) is 0. The van der Waals surface area contributed by atoms with Crippen LogP contribution in [0.3, 0.4) is 0 Å². The zero-order valence-electron chi connectivity index (χ0n) is 9.49. The van der Waals surface area contributed by atoms with Crippen LogP contribution in [0.25, 0.3) is 0 Å². The molecule has 2 heterocycles. The van der Waals surface area contributed by atoms with Crippen LogP contribution in [0.4, 0.5) is 0 Å². The highest BCUT2D eigenvalue weighted by Crippen LogP contribution is 2.19. The number of rotatable bonds is 4. The molecule has 1 aliphatic rings. The van der Waals surface area contributed by atoms with Crippen molar-refractivity contribution in [3.63, 3.8) is 0 Å². The smallest absolute Gasteiger partial charge is 0.0774 e. The van der Waals surface area contributed by atoms with Crippen molar-refractivity contribution in [2.45, 2.75) is 32.9 Å². The first-order valence-electron chi connectivity index (χ1n) is 5.64. The van der Waals surface area contributed by atoms with Gasteiger partial charge in [0.2, 0.25) is 0 Å². The lowest BCUT2D eigenvalue weighted by molar-refractivity contribution is 0.184. The fraction of sp³-hybridized carbons (Fsp3) is 0.727. The fourth-order valence-corrected chi connectivity index (χ4v) is 1.87. The Kier molecular flexibility index (Phi) is 3.38. The highest BCUT2D eigenvalue weighted by molar-refractivity contribution is 5.15. The van der Waals surface area contributed by atoms with E-state index >= 15 is 0 Å². The number of aromatic nitrogens is 2. The maximum Gasteiger partial charge on any atom is 0.0774 e. The van der Waals surface area contributed by atoms with E-state index in [4.69, 9.17) is 4.74 Å². The van der Waals surface area contributed by atoms with E-state index < -0.39 is 0 Å². The maximum atomic E-state index is 5.37. The second-order valence-corrected chi connectivity index (χ2v) is 4.02. The van der Waals surface area contributed by atoms with Crippen molar-refractivity contribution in [1.29, 1.82) is 0 Å². The third kappa shape index (κ3) is 2.38. The van der Waals surface area contributed by atoms with Gasteiger partial charge in [-0.3, -0.25) is 4.68 Å². The highest BCUT2D eigenvalue weighted by Gasteiger charge is 2.19. The molecule has 0 bridgehead atoms. The van der Waals surface area contributed by atoms with Gasteiger partial charge in [-0.05, 0) is 19.9 Å². The van der Waals surface area contributed by atoms with Gasteiger partial charge >= 0.3 is 0 Å². The summed E-state index contributed by atoms with van der Waals surface area (Å²) in [6, 6.07) is 0.444. The molecule has 1 aromatic rings. The molecule has 0 amide bonds. The molecule has 4 nitrogen and oxygen atoms in total. The van der Waals surface area contributed by atoms with E-state index in [0.717, 1.165) is 38.4 Å². The molecule has 1 fully saturated rings. The summed E-state index contributed by atoms with van der Waals surface area (Å²) >= 11 is 0. The first kappa shape index (κ1) is 10.6. The summed E-state index contributed by atoms with van der Waals surface area (Å²) in [6.07, 6.45) is 3.24. The van der Waals surface area contributed by atoms with Crippen LogP contribution in [0.1, 0.15) is 30.6 Å². The van der Waals surface area contributed by atoms with Crippen LogP contribution in [-0.2, 0) is 11.3 Å². The predicted octanol–water partition coefficient (Wildman–Crippen LogP) is 1.26. The molecule has 0 aliphatic carbocycles. The first-order valence-corrected chi connectivity index (χ1v) is 5.64. The normalized spacial score (nSPS) is 21.1. The molecule has 1 saturated heterocycles. The number of aryl methyl sites for hydroxylation is 1.